The van der Waals surface area contributed by atoms with Crippen LogP contribution in [0, 0.1) is 0 Å². The Hall–Kier alpha value is -1.36. The van der Waals surface area contributed by atoms with E-state index >= 15 is 0 Å². The summed E-state index contributed by atoms with van der Waals surface area (Å²) in [5.74, 6) is 0.316. The highest BCUT2D eigenvalue weighted by Gasteiger charge is 2.24. The molecular weight excluding hydrogens is 206 g/mol. The molecule has 16 heavy (non-hydrogen) atoms. The highest BCUT2D eigenvalue weighted by Crippen LogP contribution is 2.17. The first-order valence-electron chi connectivity index (χ1n) is 5.66. The average Bonchev–Trinajstić information content (AvgIpc) is 2.72. The molecule has 0 aromatic carbocycles. The number of aromatic nitrogens is 2. The molecule has 0 radical (unpaired) electrons. The van der Waals surface area contributed by atoms with Crippen LogP contribution >= 0.6 is 0 Å². The number of hydrogen-bond acceptors (Lipinski definition) is 3. The Bertz CT molecular complexity index is 375. The molecule has 0 bridgehead atoms. The van der Waals surface area contributed by atoms with Crippen molar-refractivity contribution >= 4 is 5.97 Å². The fourth-order valence-corrected chi connectivity index (χ4v) is 2.24. The molecule has 0 fully saturated rings. The van der Waals surface area contributed by atoms with Crippen molar-refractivity contribution in [2.45, 2.75) is 38.9 Å². The quantitative estimate of drug-likeness (QED) is 0.825. The predicted molar refractivity (Wildman–Crippen MR) is 59.0 cm³/mol. The van der Waals surface area contributed by atoms with Crippen LogP contribution < -0.4 is 0 Å². The molecule has 2 heterocycles. The number of hydrogen-bond donors (Lipinski definition) is 1. The molecule has 0 saturated carbocycles. The third-order valence-electron chi connectivity index (χ3n) is 3.17. The highest BCUT2D eigenvalue weighted by molar-refractivity contribution is 5.67. The third-order valence-corrected chi connectivity index (χ3v) is 3.17. The van der Waals surface area contributed by atoms with Gasteiger partial charge >= 0.3 is 5.97 Å². The number of carboxylic acids is 1. The van der Waals surface area contributed by atoms with Crippen LogP contribution in [-0.2, 0) is 17.9 Å². The average molecular weight is 223 g/mol. The Morgan fingerprint density at radius 2 is 2.44 bits per heavy atom. The van der Waals surface area contributed by atoms with E-state index in [1.807, 2.05) is 13.1 Å². The maximum Gasteiger partial charge on any atom is 0.304 e. The molecular formula is C11H17N3O2. The van der Waals surface area contributed by atoms with Crippen molar-refractivity contribution in [3.8, 4) is 0 Å². The highest BCUT2D eigenvalue weighted by atomic mass is 16.4. The van der Waals surface area contributed by atoms with Crippen LogP contribution in [0.1, 0.15) is 25.6 Å². The lowest BCUT2D eigenvalue weighted by Gasteiger charge is -2.33. The van der Waals surface area contributed by atoms with Gasteiger partial charge in [0, 0.05) is 31.5 Å². The van der Waals surface area contributed by atoms with E-state index in [1.165, 1.54) is 0 Å². The van der Waals surface area contributed by atoms with Crippen LogP contribution in [0.3, 0.4) is 0 Å². The molecule has 1 atom stereocenters. The van der Waals surface area contributed by atoms with Crippen molar-refractivity contribution < 1.29 is 9.90 Å². The number of fused-ring (bicyclic) bond motifs is 1. The molecule has 1 aliphatic heterocycles. The number of imidazole rings is 1. The van der Waals surface area contributed by atoms with E-state index in [4.69, 9.17) is 5.11 Å². The molecule has 1 unspecified atom stereocenters. The first-order chi connectivity index (χ1) is 7.70. The van der Waals surface area contributed by atoms with Crippen LogP contribution in [0.5, 0.6) is 0 Å². The van der Waals surface area contributed by atoms with Crippen LogP contribution in [0.15, 0.2) is 12.4 Å². The molecule has 1 aliphatic rings. The Labute approximate surface area is 94.7 Å². The zero-order valence-corrected chi connectivity index (χ0v) is 9.46. The number of carbonyl (C=O) groups is 1. The maximum absolute atomic E-state index is 10.8. The molecule has 0 saturated heterocycles. The second-order valence-corrected chi connectivity index (χ2v) is 4.17. The van der Waals surface area contributed by atoms with E-state index in [-0.39, 0.29) is 12.5 Å². The summed E-state index contributed by atoms with van der Waals surface area (Å²) in [6.07, 6.45) is 4.87. The molecule has 0 amide bonds. The first-order valence-corrected chi connectivity index (χ1v) is 5.66. The molecule has 5 nitrogen and oxygen atoms in total. The van der Waals surface area contributed by atoms with Gasteiger partial charge in [0.05, 0.1) is 13.0 Å². The molecule has 0 aliphatic carbocycles. The van der Waals surface area contributed by atoms with Crippen molar-refractivity contribution in [3.05, 3.63) is 18.2 Å². The molecule has 0 spiro atoms. The van der Waals surface area contributed by atoms with E-state index in [1.54, 1.807) is 6.20 Å². The lowest BCUT2D eigenvalue weighted by atomic mass is 10.1. The minimum atomic E-state index is -0.722. The summed E-state index contributed by atoms with van der Waals surface area (Å²) < 4.78 is 2.13. The summed E-state index contributed by atoms with van der Waals surface area (Å²) in [4.78, 5) is 17.3. The standard InChI is InChI=1S/C11H17N3O2/c1-2-9(7-11(15)16)14-6-5-13-4-3-12-10(13)8-14/h3-4,9H,2,5-8H2,1H3,(H,15,16). The van der Waals surface area contributed by atoms with Gasteiger partial charge in [-0.25, -0.2) is 4.98 Å². The third kappa shape index (κ3) is 2.24. The van der Waals surface area contributed by atoms with Crippen LogP contribution in [0.25, 0.3) is 0 Å². The summed E-state index contributed by atoms with van der Waals surface area (Å²) in [5.41, 5.74) is 0. The minimum Gasteiger partial charge on any atom is -0.481 e. The molecule has 1 aromatic rings. The summed E-state index contributed by atoms with van der Waals surface area (Å²) in [6.45, 7) is 4.62. The Morgan fingerprint density at radius 1 is 1.62 bits per heavy atom. The predicted octanol–water partition coefficient (Wildman–Crippen LogP) is 0.952. The van der Waals surface area contributed by atoms with Gasteiger partial charge in [-0.05, 0) is 6.42 Å². The Balaban J connectivity index is 2.03. The summed E-state index contributed by atoms with van der Waals surface area (Å²) in [7, 11) is 0. The van der Waals surface area contributed by atoms with Gasteiger partial charge in [-0.2, -0.15) is 0 Å². The normalized spacial score (nSPS) is 18.1. The Kier molecular flexibility index (Phi) is 3.24. The van der Waals surface area contributed by atoms with Crippen molar-refractivity contribution in [1.82, 2.24) is 14.5 Å². The zero-order valence-electron chi connectivity index (χ0n) is 9.46. The van der Waals surface area contributed by atoms with Crippen molar-refractivity contribution in [2.24, 2.45) is 0 Å². The monoisotopic (exact) mass is 223 g/mol. The van der Waals surface area contributed by atoms with Gasteiger partial charge < -0.3 is 9.67 Å². The van der Waals surface area contributed by atoms with Gasteiger partial charge in [0.1, 0.15) is 5.82 Å². The first kappa shape index (κ1) is 11.1. The Morgan fingerprint density at radius 3 is 3.12 bits per heavy atom. The topological polar surface area (TPSA) is 58.4 Å². The van der Waals surface area contributed by atoms with E-state index in [0.717, 1.165) is 31.9 Å². The molecule has 5 heteroatoms. The molecule has 1 N–H and O–H groups in total. The van der Waals surface area contributed by atoms with Gasteiger partial charge in [-0.15, -0.1) is 0 Å². The summed E-state index contributed by atoms with van der Waals surface area (Å²) in [5, 5.41) is 8.85. The minimum absolute atomic E-state index is 0.128. The van der Waals surface area contributed by atoms with Crippen molar-refractivity contribution in [2.75, 3.05) is 6.54 Å². The van der Waals surface area contributed by atoms with Crippen LogP contribution in [-0.4, -0.2) is 38.1 Å². The van der Waals surface area contributed by atoms with Gasteiger partial charge in [-0.3, -0.25) is 9.69 Å². The SMILES string of the molecule is CCC(CC(=O)O)N1CCn2ccnc2C1. The van der Waals surface area contributed by atoms with Crippen LogP contribution in [0.4, 0.5) is 0 Å². The van der Waals surface area contributed by atoms with Crippen LogP contribution in [0.2, 0.25) is 0 Å². The molecule has 2 rings (SSSR count). The number of aliphatic carboxylic acids is 1. The molecule has 88 valence electrons. The fourth-order valence-electron chi connectivity index (χ4n) is 2.24. The number of rotatable bonds is 4. The van der Waals surface area contributed by atoms with E-state index in [0.29, 0.717) is 0 Å². The van der Waals surface area contributed by atoms with Gasteiger partial charge in [0.2, 0.25) is 0 Å². The van der Waals surface area contributed by atoms with Gasteiger partial charge in [-0.1, -0.05) is 6.92 Å². The van der Waals surface area contributed by atoms with E-state index in [2.05, 4.69) is 14.5 Å². The second-order valence-electron chi connectivity index (χ2n) is 4.17. The summed E-state index contributed by atoms with van der Waals surface area (Å²) in [6, 6.07) is 0.128. The maximum atomic E-state index is 10.8. The van der Waals surface area contributed by atoms with Crippen molar-refractivity contribution in [3.63, 3.8) is 0 Å². The lowest BCUT2D eigenvalue weighted by molar-refractivity contribution is -0.138. The largest absolute Gasteiger partial charge is 0.481 e. The van der Waals surface area contributed by atoms with Crippen molar-refractivity contribution in [1.29, 1.82) is 0 Å². The fraction of sp³-hybridized carbons (Fsp3) is 0.636. The van der Waals surface area contributed by atoms with E-state index in [9.17, 15) is 4.79 Å². The van der Waals surface area contributed by atoms with Gasteiger partial charge in [0.15, 0.2) is 0 Å². The van der Waals surface area contributed by atoms with Gasteiger partial charge in [0.25, 0.3) is 0 Å². The lowest BCUT2D eigenvalue weighted by Crippen LogP contribution is -2.41. The van der Waals surface area contributed by atoms with E-state index < -0.39 is 5.97 Å². The zero-order chi connectivity index (χ0) is 11.5. The number of nitrogens with zero attached hydrogens (tertiary/aromatic N) is 3. The number of carboxylic acid groups (broad SMARTS) is 1. The summed E-state index contributed by atoms with van der Waals surface area (Å²) >= 11 is 0. The molecule has 1 aromatic heterocycles. The smallest absolute Gasteiger partial charge is 0.304 e. The second kappa shape index (κ2) is 4.65.